The Morgan fingerprint density at radius 2 is 1.78 bits per heavy atom. The fourth-order valence-corrected chi connectivity index (χ4v) is 2.86. The van der Waals surface area contributed by atoms with Crippen LogP contribution in [0.4, 0.5) is 5.69 Å². The number of nitrogen functional groups attached to an aromatic ring is 1. The maximum atomic E-state index is 12.9. The van der Waals surface area contributed by atoms with Gasteiger partial charge in [-0.15, -0.1) is 0 Å². The molecule has 150 valence electrons. The summed E-state index contributed by atoms with van der Waals surface area (Å²) in [5.74, 6) is -1.20. The van der Waals surface area contributed by atoms with Crippen molar-refractivity contribution in [3.05, 3.63) is 29.8 Å². The predicted octanol–water partition coefficient (Wildman–Crippen LogP) is 0.941. The van der Waals surface area contributed by atoms with Crippen molar-refractivity contribution in [3.63, 3.8) is 0 Å². The lowest BCUT2D eigenvalue weighted by molar-refractivity contribution is -0.166. The van der Waals surface area contributed by atoms with Crippen LogP contribution < -0.4 is 16.4 Å². The molecule has 0 spiro atoms. The molecule has 3 amide bonds. The fourth-order valence-electron chi connectivity index (χ4n) is 2.86. The zero-order valence-electron chi connectivity index (χ0n) is 16.3. The number of benzene rings is 1. The average Bonchev–Trinajstić information content (AvgIpc) is 2.65. The van der Waals surface area contributed by atoms with E-state index in [0.29, 0.717) is 23.6 Å². The highest BCUT2D eigenvalue weighted by atomic mass is 16.5. The second kappa shape index (κ2) is 10.5. The molecular formula is C19H30N4O4. The topological polar surface area (TPSA) is 125 Å². The van der Waals surface area contributed by atoms with Gasteiger partial charge in [0, 0.05) is 19.2 Å². The number of nitrogens with two attached hydrogens (primary N) is 1. The highest BCUT2D eigenvalue weighted by molar-refractivity contribution is 5.89. The van der Waals surface area contributed by atoms with Gasteiger partial charge in [0.1, 0.15) is 6.04 Å². The third-order valence-corrected chi connectivity index (χ3v) is 4.47. The molecule has 0 radical (unpaired) electrons. The van der Waals surface area contributed by atoms with Crippen molar-refractivity contribution >= 4 is 23.9 Å². The first-order valence-corrected chi connectivity index (χ1v) is 8.98. The number of carbonyl (C=O) groups is 3. The first-order valence-electron chi connectivity index (χ1n) is 8.98. The van der Waals surface area contributed by atoms with Gasteiger partial charge < -0.3 is 16.4 Å². The van der Waals surface area contributed by atoms with E-state index in [1.807, 2.05) is 13.8 Å². The van der Waals surface area contributed by atoms with Crippen LogP contribution in [0.15, 0.2) is 24.3 Å². The number of nitrogens with zero attached hydrogens (tertiary/aromatic N) is 1. The van der Waals surface area contributed by atoms with Crippen LogP contribution in [0.5, 0.6) is 0 Å². The summed E-state index contributed by atoms with van der Waals surface area (Å²) in [7, 11) is 1.50. The highest BCUT2D eigenvalue weighted by Crippen LogP contribution is 2.19. The number of hydrogen-bond donors (Lipinski definition) is 4. The molecule has 1 aromatic rings. The minimum Gasteiger partial charge on any atom is -0.399 e. The van der Waals surface area contributed by atoms with Crippen LogP contribution in [0.2, 0.25) is 0 Å². The Morgan fingerprint density at radius 3 is 2.26 bits per heavy atom. The summed E-state index contributed by atoms with van der Waals surface area (Å²) in [6, 6.07) is 5.56. The lowest BCUT2D eigenvalue weighted by Gasteiger charge is -2.29. The first-order chi connectivity index (χ1) is 12.7. The van der Waals surface area contributed by atoms with Gasteiger partial charge in [0.15, 0.2) is 0 Å². The van der Waals surface area contributed by atoms with Crippen LogP contribution in [-0.4, -0.2) is 47.6 Å². The van der Waals surface area contributed by atoms with Crippen molar-refractivity contribution in [1.82, 2.24) is 15.7 Å². The van der Waals surface area contributed by atoms with Gasteiger partial charge in [-0.2, -0.15) is 0 Å². The molecule has 8 heteroatoms. The SMILES string of the molecule is CNC(=O)[C@H](Cc1ccc(N)cc1)NC(=O)[C@H](CC(C)C)[C@H](C)N(O)C=O. The molecule has 0 aliphatic rings. The molecule has 0 saturated heterocycles. The maximum Gasteiger partial charge on any atom is 0.242 e. The smallest absolute Gasteiger partial charge is 0.242 e. The second-order valence-corrected chi connectivity index (χ2v) is 7.08. The summed E-state index contributed by atoms with van der Waals surface area (Å²) in [4.78, 5) is 36.0. The van der Waals surface area contributed by atoms with Gasteiger partial charge in [-0.3, -0.25) is 19.6 Å². The van der Waals surface area contributed by atoms with E-state index in [9.17, 15) is 19.6 Å². The largest absolute Gasteiger partial charge is 0.399 e. The number of hydrogen-bond acceptors (Lipinski definition) is 5. The summed E-state index contributed by atoms with van der Waals surface area (Å²) in [5, 5.41) is 15.5. The number of likely N-dealkylation sites (N-methyl/N-ethyl adjacent to an activating group) is 1. The second-order valence-electron chi connectivity index (χ2n) is 7.08. The van der Waals surface area contributed by atoms with E-state index in [1.54, 1.807) is 31.2 Å². The summed E-state index contributed by atoms with van der Waals surface area (Å²) in [5.41, 5.74) is 7.14. The van der Waals surface area contributed by atoms with Gasteiger partial charge in [0.25, 0.3) is 0 Å². The third kappa shape index (κ3) is 6.90. The number of amides is 3. The minimum atomic E-state index is -0.781. The van der Waals surface area contributed by atoms with Crippen molar-refractivity contribution in [1.29, 1.82) is 0 Å². The van der Waals surface area contributed by atoms with Gasteiger partial charge in [0.2, 0.25) is 18.2 Å². The Kier molecular flexibility index (Phi) is 8.74. The molecule has 1 rings (SSSR count). The molecular weight excluding hydrogens is 348 g/mol. The number of carbonyl (C=O) groups excluding carboxylic acids is 3. The summed E-state index contributed by atoms with van der Waals surface area (Å²) < 4.78 is 0. The van der Waals surface area contributed by atoms with E-state index in [-0.39, 0.29) is 24.1 Å². The molecule has 0 saturated carbocycles. The summed E-state index contributed by atoms with van der Waals surface area (Å²) in [6.45, 7) is 5.48. The van der Waals surface area contributed by atoms with E-state index in [0.717, 1.165) is 5.56 Å². The molecule has 8 nitrogen and oxygen atoms in total. The number of nitrogens with one attached hydrogen (secondary N) is 2. The zero-order valence-corrected chi connectivity index (χ0v) is 16.3. The molecule has 0 aromatic heterocycles. The van der Waals surface area contributed by atoms with E-state index in [1.165, 1.54) is 7.05 Å². The molecule has 5 N–H and O–H groups in total. The maximum absolute atomic E-state index is 12.9. The molecule has 3 atom stereocenters. The number of rotatable bonds is 10. The van der Waals surface area contributed by atoms with Crippen molar-refractivity contribution < 1.29 is 19.6 Å². The molecule has 0 aliphatic heterocycles. The Hall–Kier alpha value is -2.61. The van der Waals surface area contributed by atoms with E-state index in [4.69, 9.17) is 5.73 Å². The Bertz CT molecular complexity index is 633. The lowest BCUT2D eigenvalue weighted by atomic mass is 9.89. The van der Waals surface area contributed by atoms with Gasteiger partial charge in [-0.25, -0.2) is 5.06 Å². The van der Waals surface area contributed by atoms with Gasteiger partial charge >= 0.3 is 0 Å². The average molecular weight is 378 g/mol. The zero-order chi connectivity index (χ0) is 20.6. The quantitative estimate of drug-likeness (QED) is 0.209. The first kappa shape index (κ1) is 22.4. The molecule has 0 bridgehead atoms. The fraction of sp³-hybridized carbons (Fsp3) is 0.526. The molecule has 0 fully saturated rings. The molecule has 27 heavy (non-hydrogen) atoms. The van der Waals surface area contributed by atoms with Gasteiger partial charge in [-0.05, 0) is 37.0 Å². The highest BCUT2D eigenvalue weighted by Gasteiger charge is 2.32. The van der Waals surface area contributed by atoms with Crippen LogP contribution in [-0.2, 0) is 20.8 Å². The molecule has 1 aromatic carbocycles. The van der Waals surface area contributed by atoms with E-state index in [2.05, 4.69) is 10.6 Å². The van der Waals surface area contributed by atoms with E-state index < -0.39 is 18.0 Å². The Morgan fingerprint density at radius 1 is 1.19 bits per heavy atom. The normalized spacial score (nSPS) is 14.1. The van der Waals surface area contributed by atoms with Crippen LogP contribution in [0.25, 0.3) is 0 Å². The third-order valence-electron chi connectivity index (χ3n) is 4.47. The van der Waals surface area contributed by atoms with Crippen LogP contribution in [0, 0.1) is 11.8 Å². The predicted molar refractivity (Wildman–Crippen MR) is 103 cm³/mol. The van der Waals surface area contributed by atoms with Gasteiger partial charge in [-0.1, -0.05) is 26.0 Å². The molecule has 0 heterocycles. The monoisotopic (exact) mass is 378 g/mol. The van der Waals surface area contributed by atoms with Crippen molar-refractivity contribution in [3.8, 4) is 0 Å². The summed E-state index contributed by atoms with van der Waals surface area (Å²) in [6.07, 6.45) is 1.03. The van der Waals surface area contributed by atoms with Crippen molar-refractivity contribution in [2.75, 3.05) is 12.8 Å². The van der Waals surface area contributed by atoms with Crippen molar-refractivity contribution in [2.24, 2.45) is 11.8 Å². The van der Waals surface area contributed by atoms with Crippen molar-refractivity contribution in [2.45, 2.75) is 45.7 Å². The minimum absolute atomic E-state index is 0.166. The number of hydroxylamine groups is 2. The van der Waals surface area contributed by atoms with Crippen LogP contribution in [0.3, 0.4) is 0 Å². The van der Waals surface area contributed by atoms with E-state index >= 15 is 0 Å². The standard InChI is InChI=1S/C19H30N4O4/c1-12(2)9-16(13(3)23(27)11-24)18(25)22-17(19(26)21-4)10-14-5-7-15(20)8-6-14/h5-8,11-13,16-17,27H,9-10,20H2,1-4H3,(H,21,26)(H,22,25)/t13-,16+,17-/m0/s1. The van der Waals surface area contributed by atoms with Gasteiger partial charge in [0.05, 0.1) is 12.0 Å². The molecule has 0 unspecified atom stereocenters. The van der Waals surface area contributed by atoms with Crippen LogP contribution >= 0.6 is 0 Å². The molecule has 0 aliphatic carbocycles. The number of anilines is 1. The Balaban J connectivity index is 2.98. The Labute approximate surface area is 160 Å². The van der Waals surface area contributed by atoms with Crippen LogP contribution in [0.1, 0.15) is 32.8 Å². The summed E-state index contributed by atoms with van der Waals surface area (Å²) >= 11 is 0. The lowest BCUT2D eigenvalue weighted by Crippen LogP contribution is -2.52.